The van der Waals surface area contributed by atoms with Crippen LogP contribution in [0.15, 0.2) is 12.3 Å². The third kappa shape index (κ3) is 4.45. The summed E-state index contributed by atoms with van der Waals surface area (Å²) in [4.78, 5) is 0. The summed E-state index contributed by atoms with van der Waals surface area (Å²) in [7, 11) is 1.98. The Balaban J connectivity index is 2.73. The molecule has 1 aromatic heterocycles. The third-order valence-electron chi connectivity index (χ3n) is 3.80. The van der Waals surface area contributed by atoms with E-state index in [0.717, 1.165) is 19.4 Å². The minimum Gasteiger partial charge on any atom is -0.309 e. The Morgan fingerprint density at radius 1 is 1.39 bits per heavy atom. The fraction of sp³-hybridized carbons (Fsp3) is 0.800. The second-order valence-electron chi connectivity index (χ2n) is 6.42. The molecule has 0 aromatic carbocycles. The number of nitrogens with zero attached hydrogens (tertiary/aromatic N) is 2. The van der Waals surface area contributed by atoms with Gasteiger partial charge in [-0.05, 0) is 36.8 Å². The third-order valence-corrected chi connectivity index (χ3v) is 3.80. The quantitative estimate of drug-likeness (QED) is 0.838. The molecule has 0 aliphatic rings. The second-order valence-corrected chi connectivity index (χ2v) is 6.42. The topological polar surface area (TPSA) is 29.9 Å². The zero-order chi connectivity index (χ0) is 13.8. The summed E-state index contributed by atoms with van der Waals surface area (Å²) < 4.78 is 1.89. The van der Waals surface area contributed by atoms with Crippen LogP contribution in [0.1, 0.15) is 59.2 Å². The summed E-state index contributed by atoms with van der Waals surface area (Å²) in [6.07, 6.45) is 4.32. The van der Waals surface area contributed by atoms with Crippen molar-refractivity contribution in [2.45, 2.75) is 53.5 Å². The predicted octanol–water partition coefficient (Wildman–Crippen LogP) is 3.53. The van der Waals surface area contributed by atoms with Crippen LogP contribution in [0.2, 0.25) is 0 Å². The van der Waals surface area contributed by atoms with Gasteiger partial charge in [0.1, 0.15) is 0 Å². The summed E-state index contributed by atoms with van der Waals surface area (Å²) >= 11 is 0. The van der Waals surface area contributed by atoms with Crippen LogP contribution in [0.3, 0.4) is 0 Å². The van der Waals surface area contributed by atoms with E-state index in [0.29, 0.717) is 17.4 Å². The van der Waals surface area contributed by atoms with E-state index in [1.54, 1.807) is 0 Å². The average Bonchev–Trinajstić information content (AvgIpc) is 2.69. The zero-order valence-corrected chi connectivity index (χ0v) is 12.8. The molecule has 2 unspecified atom stereocenters. The van der Waals surface area contributed by atoms with Crippen molar-refractivity contribution in [1.29, 1.82) is 0 Å². The van der Waals surface area contributed by atoms with Gasteiger partial charge in [-0.15, -0.1) is 0 Å². The lowest BCUT2D eigenvalue weighted by Gasteiger charge is -2.30. The highest BCUT2D eigenvalue weighted by Crippen LogP contribution is 2.32. The van der Waals surface area contributed by atoms with Crippen molar-refractivity contribution in [3.8, 4) is 0 Å². The van der Waals surface area contributed by atoms with Crippen molar-refractivity contribution in [3.63, 3.8) is 0 Å². The van der Waals surface area contributed by atoms with E-state index in [-0.39, 0.29) is 0 Å². The molecule has 0 radical (unpaired) electrons. The number of nitrogens with one attached hydrogen (secondary N) is 1. The molecule has 104 valence electrons. The lowest BCUT2D eigenvalue weighted by molar-refractivity contribution is 0.221. The maximum atomic E-state index is 4.55. The lowest BCUT2D eigenvalue weighted by atomic mass is 9.78. The highest BCUT2D eigenvalue weighted by molar-refractivity contribution is 5.06. The molecule has 1 aromatic rings. The molecule has 3 heteroatoms. The van der Waals surface area contributed by atoms with E-state index in [1.165, 1.54) is 5.69 Å². The molecule has 1 N–H and O–H groups in total. The van der Waals surface area contributed by atoms with E-state index < -0.39 is 0 Å². The first kappa shape index (κ1) is 15.2. The Morgan fingerprint density at radius 2 is 2.06 bits per heavy atom. The zero-order valence-electron chi connectivity index (χ0n) is 12.8. The van der Waals surface area contributed by atoms with Gasteiger partial charge >= 0.3 is 0 Å². The van der Waals surface area contributed by atoms with Crippen LogP contribution in [-0.4, -0.2) is 16.3 Å². The molecule has 0 amide bonds. The lowest BCUT2D eigenvalue weighted by Crippen LogP contribution is -2.28. The Hall–Kier alpha value is -0.830. The molecule has 2 atom stereocenters. The fourth-order valence-electron chi connectivity index (χ4n) is 1.95. The summed E-state index contributed by atoms with van der Waals surface area (Å²) in [6.45, 7) is 12.5. The number of aromatic nitrogens is 2. The summed E-state index contributed by atoms with van der Waals surface area (Å²) in [6, 6.07) is 2.50. The van der Waals surface area contributed by atoms with Gasteiger partial charge in [0.2, 0.25) is 0 Å². The van der Waals surface area contributed by atoms with Crippen molar-refractivity contribution in [2.24, 2.45) is 18.4 Å². The molecule has 18 heavy (non-hydrogen) atoms. The Bertz CT molecular complexity index is 349. The van der Waals surface area contributed by atoms with Crippen LogP contribution in [0, 0.1) is 11.3 Å². The monoisotopic (exact) mass is 251 g/mol. The first-order valence-corrected chi connectivity index (χ1v) is 7.07. The maximum absolute atomic E-state index is 4.55. The normalized spacial score (nSPS) is 15.7. The Kier molecular flexibility index (Phi) is 5.39. The van der Waals surface area contributed by atoms with Gasteiger partial charge in [-0.25, -0.2) is 0 Å². The van der Waals surface area contributed by atoms with E-state index in [4.69, 9.17) is 0 Å². The number of rotatable bonds is 6. The molecule has 0 aliphatic heterocycles. The van der Waals surface area contributed by atoms with Crippen LogP contribution >= 0.6 is 0 Å². The van der Waals surface area contributed by atoms with Crippen LogP contribution in [0.4, 0.5) is 0 Å². The number of aryl methyl sites for hydroxylation is 1. The highest BCUT2D eigenvalue weighted by atomic mass is 15.3. The molecular formula is C15H29N3. The first-order chi connectivity index (χ1) is 8.34. The van der Waals surface area contributed by atoms with Gasteiger partial charge in [-0.1, -0.05) is 34.6 Å². The minimum atomic E-state index is 0.348. The highest BCUT2D eigenvalue weighted by Gasteiger charge is 2.25. The first-order valence-electron chi connectivity index (χ1n) is 7.07. The van der Waals surface area contributed by atoms with E-state index >= 15 is 0 Å². The average molecular weight is 251 g/mol. The Morgan fingerprint density at radius 3 is 2.50 bits per heavy atom. The van der Waals surface area contributed by atoms with Crippen molar-refractivity contribution in [2.75, 3.05) is 6.54 Å². The predicted molar refractivity (Wildman–Crippen MR) is 77.5 cm³/mol. The van der Waals surface area contributed by atoms with E-state index in [9.17, 15) is 0 Å². The number of hydrogen-bond donors (Lipinski definition) is 1. The van der Waals surface area contributed by atoms with E-state index in [2.05, 4.69) is 51.1 Å². The van der Waals surface area contributed by atoms with Gasteiger partial charge in [0.05, 0.1) is 11.7 Å². The summed E-state index contributed by atoms with van der Waals surface area (Å²) in [5.74, 6) is 0.661. The molecule has 1 rings (SSSR count). The smallest absolute Gasteiger partial charge is 0.0793 e. The van der Waals surface area contributed by atoms with E-state index in [1.807, 2.05) is 17.9 Å². The van der Waals surface area contributed by atoms with Gasteiger partial charge in [0.25, 0.3) is 0 Å². The van der Waals surface area contributed by atoms with Crippen LogP contribution < -0.4 is 5.32 Å². The van der Waals surface area contributed by atoms with Gasteiger partial charge in [-0.3, -0.25) is 4.68 Å². The van der Waals surface area contributed by atoms with Crippen LogP contribution in [0.25, 0.3) is 0 Å². The van der Waals surface area contributed by atoms with Crippen molar-refractivity contribution in [3.05, 3.63) is 18.0 Å². The summed E-state index contributed by atoms with van der Waals surface area (Å²) in [5.41, 5.74) is 1.52. The van der Waals surface area contributed by atoms with Crippen molar-refractivity contribution < 1.29 is 0 Å². The summed E-state index contributed by atoms with van der Waals surface area (Å²) in [5, 5.41) is 8.18. The molecule has 0 fully saturated rings. The number of hydrogen-bond acceptors (Lipinski definition) is 2. The molecule has 0 saturated heterocycles. The Labute approximate surface area is 112 Å². The molecular weight excluding hydrogens is 222 g/mol. The van der Waals surface area contributed by atoms with Gasteiger partial charge in [-0.2, -0.15) is 5.10 Å². The van der Waals surface area contributed by atoms with Crippen LogP contribution in [0.5, 0.6) is 0 Å². The van der Waals surface area contributed by atoms with Gasteiger partial charge in [0, 0.05) is 13.2 Å². The second kappa shape index (κ2) is 6.37. The fourth-order valence-corrected chi connectivity index (χ4v) is 1.95. The molecule has 1 heterocycles. The van der Waals surface area contributed by atoms with Gasteiger partial charge < -0.3 is 5.32 Å². The van der Waals surface area contributed by atoms with Crippen molar-refractivity contribution in [1.82, 2.24) is 15.1 Å². The molecule has 3 nitrogen and oxygen atoms in total. The van der Waals surface area contributed by atoms with Crippen molar-refractivity contribution >= 4 is 0 Å². The minimum absolute atomic E-state index is 0.348. The van der Waals surface area contributed by atoms with Crippen LogP contribution in [-0.2, 0) is 7.05 Å². The SMILES string of the molecule is CCCNC(CC(C)C(C)(C)C)c1ccn(C)n1. The molecule has 0 aliphatic carbocycles. The largest absolute Gasteiger partial charge is 0.309 e. The standard InChI is InChI=1S/C15H29N3/c1-7-9-16-14(11-12(2)15(3,4)5)13-8-10-18(6)17-13/h8,10,12,14,16H,7,9,11H2,1-6H3. The molecule has 0 bridgehead atoms. The van der Waals surface area contributed by atoms with Gasteiger partial charge in [0.15, 0.2) is 0 Å². The molecule has 0 spiro atoms. The maximum Gasteiger partial charge on any atom is 0.0793 e. The molecule has 0 saturated carbocycles.